The lowest BCUT2D eigenvalue weighted by Crippen LogP contribution is -2.31. The van der Waals surface area contributed by atoms with Gasteiger partial charge in [-0.2, -0.15) is 10.1 Å². The number of esters is 1. The first-order valence-electron chi connectivity index (χ1n) is 10.7. The number of carbonyl (C=O) groups is 1. The minimum atomic E-state index is -0.323. The van der Waals surface area contributed by atoms with E-state index in [2.05, 4.69) is 31.9 Å². The monoisotopic (exact) mass is 436 g/mol. The maximum absolute atomic E-state index is 12.3. The van der Waals surface area contributed by atoms with E-state index in [0.29, 0.717) is 17.3 Å². The molecule has 0 radical (unpaired) electrons. The summed E-state index contributed by atoms with van der Waals surface area (Å²) in [6.45, 7) is 1.92. The fourth-order valence-corrected chi connectivity index (χ4v) is 4.26. The van der Waals surface area contributed by atoms with E-state index in [1.54, 1.807) is 6.07 Å². The minimum absolute atomic E-state index is 0.0718. The molecule has 1 aliphatic carbocycles. The second-order valence-corrected chi connectivity index (χ2v) is 8.05. The molecule has 2 aromatic heterocycles. The molecule has 8 nitrogen and oxygen atoms in total. The SMILES string of the molecule is Cc1cc(Nc2nc(NC3=CC4c5ccccc5C(=O)OC4C=C3)nc3ccccc23)[nH]n1. The largest absolute Gasteiger partial charge is 0.454 e. The van der Waals surface area contributed by atoms with Crippen LogP contribution in [0.15, 0.2) is 78.5 Å². The molecular formula is C25H20N6O2. The first-order valence-corrected chi connectivity index (χ1v) is 10.7. The van der Waals surface area contributed by atoms with E-state index in [-0.39, 0.29) is 18.0 Å². The molecule has 4 aromatic rings. The van der Waals surface area contributed by atoms with E-state index >= 15 is 0 Å². The fraction of sp³-hybridized carbons (Fsp3) is 0.120. The summed E-state index contributed by atoms with van der Waals surface area (Å²) in [4.78, 5) is 21.7. The zero-order valence-corrected chi connectivity index (χ0v) is 17.7. The molecule has 2 unspecified atom stereocenters. The van der Waals surface area contributed by atoms with Crippen LogP contribution in [0.1, 0.15) is 27.5 Å². The summed E-state index contributed by atoms with van der Waals surface area (Å²) in [5.41, 5.74) is 4.09. The molecule has 2 aliphatic rings. The number of ether oxygens (including phenoxy) is 1. The number of rotatable bonds is 4. The van der Waals surface area contributed by atoms with Crippen molar-refractivity contribution in [2.75, 3.05) is 10.6 Å². The molecule has 1 aliphatic heterocycles. The molecule has 0 bridgehead atoms. The third kappa shape index (κ3) is 3.51. The van der Waals surface area contributed by atoms with E-state index in [0.717, 1.165) is 33.7 Å². The van der Waals surface area contributed by atoms with Crippen LogP contribution in [0, 0.1) is 6.92 Å². The number of benzene rings is 2. The van der Waals surface area contributed by atoms with Crippen molar-refractivity contribution in [2.45, 2.75) is 18.9 Å². The predicted octanol–water partition coefficient (Wildman–Crippen LogP) is 4.59. The normalized spacial score (nSPS) is 18.8. The summed E-state index contributed by atoms with van der Waals surface area (Å²) in [7, 11) is 0. The molecule has 0 saturated heterocycles. The van der Waals surface area contributed by atoms with Gasteiger partial charge in [0.05, 0.1) is 16.8 Å². The highest BCUT2D eigenvalue weighted by atomic mass is 16.5. The standard InChI is InChI=1S/C25H20N6O2/c1-14-12-22(31-30-14)28-23-18-8-4-5-9-20(18)27-25(29-23)26-15-10-11-21-19(13-15)16-6-2-3-7-17(16)24(32)33-21/h2-13,19,21H,1H3,(H3,26,27,28,29,30,31). The molecule has 162 valence electrons. The Morgan fingerprint density at radius 1 is 1.03 bits per heavy atom. The number of aromatic amines is 1. The lowest BCUT2D eigenvalue weighted by atomic mass is 9.84. The number of hydrogen-bond donors (Lipinski definition) is 3. The van der Waals surface area contributed by atoms with Crippen molar-refractivity contribution < 1.29 is 9.53 Å². The number of allylic oxidation sites excluding steroid dienone is 1. The van der Waals surface area contributed by atoms with Crippen LogP contribution in [0.2, 0.25) is 0 Å². The highest BCUT2D eigenvalue weighted by Gasteiger charge is 2.34. The zero-order chi connectivity index (χ0) is 22.4. The molecule has 3 heterocycles. The average molecular weight is 436 g/mol. The van der Waals surface area contributed by atoms with E-state index in [1.165, 1.54) is 0 Å². The third-order valence-electron chi connectivity index (χ3n) is 5.78. The Labute approximate surface area is 189 Å². The molecule has 2 aromatic carbocycles. The number of nitrogens with zero attached hydrogens (tertiary/aromatic N) is 3. The number of aryl methyl sites for hydroxylation is 1. The van der Waals surface area contributed by atoms with Gasteiger partial charge in [-0.25, -0.2) is 9.78 Å². The minimum Gasteiger partial charge on any atom is -0.454 e. The topological polar surface area (TPSA) is 105 Å². The summed E-state index contributed by atoms with van der Waals surface area (Å²) in [5, 5.41) is 14.7. The molecule has 0 spiro atoms. The van der Waals surface area contributed by atoms with Crippen molar-refractivity contribution in [1.82, 2.24) is 20.2 Å². The lowest BCUT2D eigenvalue weighted by molar-refractivity contribution is 0.0323. The van der Waals surface area contributed by atoms with Gasteiger partial charge in [0.1, 0.15) is 17.7 Å². The Balaban J connectivity index is 1.35. The quantitative estimate of drug-likeness (QED) is 0.402. The number of hydrogen-bond acceptors (Lipinski definition) is 7. The maximum Gasteiger partial charge on any atom is 0.339 e. The van der Waals surface area contributed by atoms with Crippen molar-refractivity contribution in [2.24, 2.45) is 0 Å². The van der Waals surface area contributed by atoms with Crippen LogP contribution in [-0.4, -0.2) is 32.2 Å². The van der Waals surface area contributed by atoms with E-state index < -0.39 is 0 Å². The second-order valence-electron chi connectivity index (χ2n) is 8.05. The highest BCUT2D eigenvalue weighted by Crippen LogP contribution is 2.36. The average Bonchev–Trinajstić information content (AvgIpc) is 3.24. The van der Waals surface area contributed by atoms with Crippen molar-refractivity contribution in [1.29, 1.82) is 0 Å². The Bertz CT molecular complexity index is 1450. The van der Waals surface area contributed by atoms with Crippen LogP contribution in [0.3, 0.4) is 0 Å². The van der Waals surface area contributed by atoms with Gasteiger partial charge in [-0.3, -0.25) is 5.10 Å². The Kier molecular flexibility index (Phi) is 4.43. The smallest absolute Gasteiger partial charge is 0.339 e. The van der Waals surface area contributed by atoms with Crippen molar-refractivity contribution >= 4 is 34.5 Å². The second kappa shape index (κ2) is 7.59. The third-order valence-corrected chi connectivity index (χ3v) is 5.78. The molecule has 0 saturated carbocycles. The Morgan fingerprint density at radius 2 is 1.88 bits per heavy atom. The highest BCUT2D eigenvalue weighted by molar-refractivity contribution is 5.93. The van der Waals surface area contributed by atoms with Gasteiger partial charge in [0.25, 0.3) is 0 Å². The molecule has 6 rings (SSSR count). The van der Waals surface area contributed by atoms with Crippen LogP contribution >= 0.6 is 0 Å². The van der Waals surface area contributed by atoms with Crippen LogP contribution < -0.4 is 10.6 Å². The van der Waals surface area contributed by atoms with Crippen molar-refractivity contribution in [3.8, 4) is 0 Å². The predicted molar refractivity (Wildman–Crippen MR) is 125 cm³/mol. The number of carbonyl (C=O) groups excluding carboxylic acids is 1. The summed E-state index contributed by atoms with van der Waals surface area (Å²) in [5.74, 6) is 1.52. The summed E-state index contributed by atoms with van der Waals surface area (Å²) >= 11 is 0. The van der Waals surface area contributed by atoms with Gasteiger partial charge in [-0.05, 0) is 48.9 Å². The van der Waals surface area contributed by atoms with Crippen molar-refractivity contribution in [3.63, 3.8) is 0 Å². The fourth-order valence-electron chi connectivity index (χ4n) is 4.26. The lowest BCUT2D eigenvalue weighted by Gasteiger charge is -2.32. The molecule has 33 heavy (non-hydrogen) atoms. The molecule has 3 N–H and O–H groups in total. The maximum atomic E-state index is 12.3. The van der Waals surface area contributed by atoms with E-state index in [4.69, 9.17) is 9.72 Å². The van der Waals surface area contributed by atoms with Crippen LogP contribution in [0.4, 0.5) is 17.6 Å². The first kappa shape index (κ1) is 19.2. The number of para-hydroxylation sites is 1. The van der Waals surface area contributed by atoms with Crippen molar-refractivity contribution in [3.05, 3.63) is 95.3 Å². The van der Waals surface area contributed by atoms with Gasteiger partial charge in [0, 0.05) is 23.1 Å². The van der Waals surface area contributed by atoms with Gasteiger partial charge in [0.15, 0.2) is 0 Å². The van der Waals surface area contributed by atoms with Gasteiger partial charge < -0.3 is 15.4 Å². The molecule has 0 fully saturated rings. The Morgan fingerprint density at radius 3 is 2.76 bits per heavy atom. The number of H-pyrrole nitrogens is 1. The summed E-state index contributed by atoms with van der Waals surface area (Å²) in [6, 6.07) is 17.3. The number of anilines is 3. The van der Waals surface area contributed by atoms with Crippen LogP contribution in [0.5, 0.6) is 0 Å². The van der Waals surface area contributed by atoms with Gasteiger partial charge in [0.2, 0.25) is 5.95 Å². The zero-order valence-electron chi connectivity index (χ0n) is 17.7. The van der Waals surface area contributed by atoms with Gasteiger partial charge in [-0.15, -0.1) is 0 Å². The number of aromatic nitrogens is 4. The first-order chi connectivity index (χ1) is 16.1. The van der Waals surface area contributed by atoms with E-state index in [9.17, 15) is 4.79 Å². The number of fused-ring (bicyclic) bond motifs is 4. The molecule has 8 heteroatoms. The Hall–Kier alpha value is -4.46. The summed E-state index contributed by atoms with van der Waals surface area (Å²) in [6.07, 6.45) is 5.52. The van der Waals surface area contributed by atoms with Crippen LogP contribution in [-0.2, 0) is 4.74 Å². The molecule has 2 atom stereocenters. The van der Waals surface area contributed by atoms with Gasteiger partial charge >= 0.3 is 5.97 Å². The molecule has 0 amide bonds. The van der Waals surface area contributed by atoms with E-state index in [1.807, 2.05) is 67.6 Å². The molecular weight excluding hydrogens is 416 g/mol. The van der Waals surface area contributed by atoms with Gasteiger partial charge in [-0.1, -0.05) is 30.3 Å². The van der Waals surface area contributed by atoms with Crippen LogP contribution in [0.25, 0.3) is 10.9 Å². The summed E-state index contributed by atoms with van der Waals surface area (Å²) < 4.78 is 5.61. The number of nitrogens with one attached hydrogen (secondary N) is 3.